The Hall–Kier alpha value is -1.07. The van der Waals surface area contributed by atoms with Gasteiger partial charge in [0, 0.05) is 33.9 Å². The summed E-state index contributed by atoms with van der Waals surface area (Å²) in [6, 6.07) is 4.95. The molecule has 0 radical (unpaired) electrons. The first kappa shape index (κ1) is 16.0. The zero-order valence-electron chi connectivity index (χ0n) is 11.1. The predicted molar refractivity (Wildman–Crippen MR) is 81.9 cm³/mol. The lowest BCUT2D eigenvalue weighted by atomic mass is 10.2. The number of hydrogen-bond donors (Lipinski definition) is 2. The zero-order valence-corrected chi connectivity index (χ0v) is 12.7. The number of carbonyl (C=O) groups excluding carboxylic acids is 1. The smallest absolute Gasteiger partial charge is 0.224 e. The molecule has 1 rings (SSSR count). The van der Waals surface area contributed by atoms with Gasteiger partial charge >= 0.3 is 0 Å². The molecule has 0 saturated heterocycles. The van der Waals surface area contributed by atoms with E-state index in [4.69, 9.17) is 17.3 Å². The molecular weight excluding hydrogens is 284 g/mol. The summed E-state index contributed by atoms with van der Waals surface area (Å²) in [7, 11) is -0.859. The first-order valence-electron chi connectivity index (χ1n) is 6.12. The van der Waals surface area contributed by atoms with Crippen molar-refractivity contribution in [3.8, 4) is 0 Å². The van der Waals surface area contributed by atoms with Crippen molar-refractivity contribution in [2.24, 2.45) is 0 Å². The molecule has 1 unspecified atom stereocenters. The van der Waals surface area contributed by atoms with Crippen LogP contribution in [-0.2, 0) is 15.6 Å². The highest BCUT2D eigenvalue weighted by molar-refractivity contribution is 7.85. The van der Waals surface area contributed by atoms with E-state index in [1.54, 1.807) is 18.2 Å². The number of nitrogens with two attached hydrogens (primary N) is 1. The van der Waals surface area contributed by atoms with Crippen molar-refractivity contribution >= 4 is 39.7 Å². The summed E-state index contributed by atoms with van der Waals surface area (Å²) >= 11 is 5.79. The molecule has 0 fully saturated rings. The van der Waals surface area contributed by atoms with Crippen molar-refractivity contribution in [3.63, 3.8) is 0 Å². The number of nitrogens with one attached hydrogen (secondary N) is 1. The summed E-state index contributed by atoms with van der Waals surface area (Å²) in [4.78, 5) is 11.7. The summed E-state index contributed by atoms with van der Waals surface area (Å²) < 4.78 is 11.5. The lowest BCUT2D eigenvalue weighted by Gasteiger charge is -2.08. The predicted octanol–water partition coefficient (Wildman–Crippen LogP) is 2.80. The molecule has 0 aliphatic carbocycles. The maximum atomic E-state index is 11.7. The van der Waals surface area contributed by atoms with Crippen LogP contribution in [0.25, 0.3) is 0 Å². The standard InChI is InChI=1S/C13H19ClN2O2S/c1-9(2)19(18)7-3-4-13(17)16-10-5-6-11(14)12(15)8-10/h5-6,8-9H,3-4,7,15H2,1-2H3,(H,16,17). The molecule has 6 heteroatoms. The number of nitrogen functional groups attached to an aromatic ring is 1. The molecule has 0 aliphatic rings. The monoisotopic (exact) mass is 302 g/mol. The van der Waals surface area contributed by atoms with E-state index in [9.17, 15) is 9.00 Å². The average Bonchev–Trinajstić information content (AvgIpc) is 2.33. The Morgan fingerprint density at radius 2 is 2.16 bits per heavy atom. The summed E-state index contributed by atoms with van der Waals surface area (Å²) in [5.74, 6) is 0.441. The van der Waals surface area contributed by atoms with Gasteiger partial charge in [0.05, 0.1) is 10.7 Å². The molecule has 1 atom stereocenters. The highest BCUT2D eigenvalue weighted by Crippen LogP contribution is 2.22. The lowest BCUT2D eigenvalue weighted by molar-refractivity contribution is -0.116. The Morgan fingerprint density at radius 3 is 2.74 bits per heavy atom. The fraction of sp³-hybridized carbons (Fsp3) is 0.462. The van der Waals surface area contributed by atoms with Gasteiger partial charge in [-0.15, -0.1) is 0 Å². The highest BCUT2D eigenvalue weighted by atomic mass is 35.5. The molecule has 4 nitrogen and oxygen atoms in total. The first-order chi connectivity index (χ1) is 8.90. The van der Waals surface area contributed by atoms with Gasteiger partial charge in [0.1, 0.15) is 0 Å². The van der Waals surface area contributed by atoms with Gasteiger partial charge in [-0.1, -0.05) is 25.4 Å². The SMILES string of the molecule is CC(C)S(=O)CCCC(=O)Nc1ccc(Cl)c(N)c1. The molecule has 0 saturated carbocycles. The summed E-state index contributed by atoms with van der Waals surface area (Å²) in [5, 5.41) is 3.34. The Balaban J connectivity index is 2.39. The number of carbonyl (C=O) groups is 1. The van der Waals surface area contributed by atoms with Gasteiger partial charge in [-0.3, -0.25) is 9.00 Å². The molecule has 0 spiro atoms. The van der Waals surface area contributed by atoms with Crippen molar-refractivity contribution < 1.29 is 9.00 Å². The van der Waals surface area contributed by atoms with Crippen LogP contribution in [0.3, 0.4) is 0 Å². The third-order valence-corrected chi connectivity index (χ3v) is 4.64. The Labute approximate surface area is 121 Å². The fourth-order valence-corrected chi connectivity index (χ4v) is 2.47. The minimum absolute atomic E-state index is 0.109. The highest BCUT2D eigenvalue weighted by Gasteiger charge is 2.08. The third kappa shape index (κ3) is 5.61. The van der Waals surface area contributed by atoms with Crippen molar-refractivity contribution in [2.75, 3.05) is 16.8 Å². The molecule has 1 amide bonds. The molecule has 3 N–H and O–H groups in total. The van der Waals surface area contributed by atoms with Crippen molar-refractivity contribution in [2.45, 2.75) is 31.9 Å². The van der Waals surface area contributed by atoms with E-state index in [1.165, 1.54) is 0 Å². The van der Waals surface area contributed by atoms with Crippen LogP contribution in [0.15, 0.2) is 18.2 Å². The van der Waals surface area contributed by atoms with Crippen LogP contribution >= 0.6 is 11.6 Å². The molecule has 1 aromatic carbocycles. The van der Waals surface area contributed by atoms with Crippen molar-refractivity contribution in [1.82, 2.24) is 0 Å². The second kappa shape index (κ2) is 7.50. The van der Waals surface area contributed by atoms with E-state index >= 15 is 0 Å². The molecule has 0 heterocycles. The number of halogens is 1. The van der Waals surface area contributed by atoms with Gasteiger partial charge < -0.3 is 11.1 Å². The van der Waals surface area contributed by atoms with E-state index in [-0.39, 0.29) is 11.2 Å². The second-order valence-corrected chi connectivity index (χ2v) is 7.04. The van der Waals surface area contributed by atoms with Gasteiger partial charge in [0.2, 0.25) is 5.91 Å². The van der Waals surface area contributed by atoms with E-state index in [1.807, 2.05) is 13.8 Å². The van der Waals surface area contributed by atoms with Gasteiger partial charge in [0.25, 0.3) is 0 Å². The fourth-order valence-electron chi connectivity index (χ4n) is 1.46. The Kier molecular flexibility index (Phi) is 6.31. The average molecular weight is 303 g/mol. The molecule has 0 aliphatic heterocycles. The van der Waals surface area contributed by atoms with Gasteiger partial charge in [-0.25, -0.2) is 0 Å². The molecule has 1 aromatic rings. The first-order valence-corrected chi connectivity index (χ1v) is 7.88. The van der Waals surface area contributed by atoms with Gasteiger partial charge in [0.15, 0.2) is 0 Å². The molecule has 0 bridgehead atoms. The van der Waals surface area contributed by atoms with Crippen molar-refractivity contribution in [3.05, 3.63) is 23.2 Å². The summed E-state index contributed by atoms with van der Waals surface area (Å²) in [5.41, 5.74) is 6.70. The van der Waals surface area contributed by atoms with E-state index in [2.05, 4.69) is 5.32 Å². The van der Waals surface area contributed by atoms with Crippen LogP contribution in [0.4, 0.5) is 11.4 Å². The number of hydrogen-bond acceptors (Lipinski definition) is 3. The molecular formula is C13H19ClN2O2S. The molecule has 19 heavy (non-hydrogen) atoms. The van der Waals surface area contributed by atoms with Crippen LogP contribution in [0.1, 0.15) is 26.7 Å². The van der Waals surface area contributed by atoms with Crippen LogP contribution in [-0.4, -0.2) is 21.1 Å². The Morgan fingerprint density at radius 1 is 1.47 bits per heavy atom. The van der Waals surface area contributed by atoms with E-state index in [0.29, 0.717) is 35.0 Å². The molecule has 106 valence electrons. The third-order valence-electron chi connectivity index (χ3n) is 2.55. The van der Waals surface area contributed by atoms with Crippen LogP contribution < -0.4 is 11.1 Å². The largest absolute Gasteiger partial charge is 0.397 e. The zero-order chi connectivity index (χ0) is 14.4. The van der Waals surface area contributed by atoms with Crippen LogP contribution in [0.5, 0.6) is 0 Å². The number of amides is 1. The summed E-state index contributed by atoms with van der Waals surface area (Å²) in [6.07, 6.45) is 0.959. The van der Waals surface area contributed by atoms with Crippen molar-refractivity contribution in [1.29, 1.82) is 0 Å². The van der Waals surface area contributed by atoms with Crippen LogP contribution in [0, 0.1) is 0 Å². The van der Waals surface area contributed by atoms with Crippen LogP contribution in [0.2, 0.25) is 5.02 Å². The van der Waals surface area contributed by atoms with Gasteiger partial charge in [-0.2, -0.15) is 0 Å². The Bertz CT molecular complexity index is 478. The van der Waals surface area contributed by atoms with E-state index < -0.39 is 10.8 Å². The van der Waals surface area contributed by atoms with E-state index in [0.717, 1.165) is 0 Å². The number of benzene rings is 1. The maximum Gasteiger partial charge on any atom is 0.224 e. The number of anilines is 2. The topological polar surface area (TPSA) is 72.2 Å². The minimum atomic E-state index is -0.859. The molecule has 0 aromatic heterocycles. The quantitative estimate of drug-likeness (QED) is 0.794. The van der Waals surface area contributed by atoms with Gasteiger partial charge in [-0.05, 0) is 24.6 Å². The normalized spacial score (nSPS) is 12.4. The second-order valence-electron chi connectivity index (χ2n) is 4.52. The maximum absolute atomic E-state index is 11.7. The number of rotatable bonds is 6. The lowest BCUT2D eigenvalue weighted by Crippen LogP contribution is -2.15. The summed E-state index contributed by atoms with van der Waals surface area (Å²) in [6.45, 7) is 3.82. The minimum Gasteiger partial charge on any atom is -0.397 e.